The smallest absolute Gasteiger partial charge is 0.203 e. The molecule has 1 fully saturated rings. The molecule has 0 bridgehead atoms. The van der Waals surface area contributed by atoms with Crippen LogP contribution in [0.1, 0.15) is 12.8 Å². The second-order valence-electron chi connectivity index (χ2n) is 4.41. The minimum absolute atomic E-state index is 0.558. The Labute approximate surface area is 97.0 Å². The van der Waals surface area contributed by atoms with Gasteiger partial charge in [0, 0.05) is 25.0 Å². The molecule has 2 heterocycles. The molecular formula is C12H20N4. The molecule has 0 unspecified atom stereocenters. The van der Waals surface area contributed by atoms with E-state index in [1.54, 1.807) is 0 Å². The number of imidazole rings is 1. The van der Waals surface area contributed by atoms with Crippen molar-refractivity contribution < 1.29 is 0 Å². The van der Waals surface area contributed by atoms with Gasteiger partial charge in [-0.3, -0.25) is 0 Å². The lowest BCUT2D eigenvalue weighted by Crippen LogP contribution is -2.37. The molecule has 16 heavy (non-hydrogen) atoms. The molecule has 2 rings (SSSR count). The number of allylic oxidation sites excluding steroid dienone is 1. The molecule has 1 N–H and O–H groups in total. The fourth-order valence-corrected chi connectivity index (χ4v) is 2.07. The van der Waals surface area contributed by atoms with Crippen molar-refractivity contribution in [2.45, 2.75) is 25.4 Å². The third kappa shape index (κ3) is 2.64. The van der Waals surface area contributed by atoms with Gasteiger partial charge in [0.2, 0.25) is 5.95 Å². The molecule has 1 aliphatic heterocycles. The first kappa shape index (κ1) is 11.2. The fraction of sp³-hybridized carbons (Fsp3) is 0.583. The lowest BCUT2D eigenvalue weighted by Gasteiger charge is -2.29. The summed E-state index contributed by atoms with van der Waals surface area (Å²) in [4.78, 5) is 6.71. The Morgan fingerprint density at radius 3 is 3.00 bits per heavy atom. The zero-order valence-corrected chi connectivity index (χ0v) is 9.89. The first-order chi connectivity index (χ1) is 7.79. The highest BCUT2D eigenvalue weighted by atomic mass is 15.2. The zero-order chi connectivity index (χ0) is 11.4. The lowest BCUT2D eigenvalue weighted by atomic mass is 10.1. The van der Waals surface area contributed by atoms with Crippen LogP contribution in [0.25, 0.3) is 0 Å². The molecule has 0 aliphatic carbocycles. The summed E-state index contributed by atoms with van der Waals surface area (Å²) in [5, 5.41) is 3.51. The number of nitrogens with zero attached hydrogens (tertiary/aromatic N) is 3. The van der Waals surface area contributed by atoms with Crippen molar-refractivity contribution in [1.29, 1.82) is 0 Å². The van der Waals surface area contributed by atoms with Crippen LogP contribution in [0, 0.1) is 0 Å². The number of aromatic nitrogens is 2. The summed E-state index contributed by atoms with van der Waals surface area (Å²) in [5.74, 6) is 0.967. The first-order valence-electron chi connectivity index (χ1n) is 5.86. The molecule has 1 saturated heterocycles. The normalized spacial score (nSPS) is 18.6. The number of hydrogen-bond donors (Lipinski definition) is 1. The molecule has 4 nitrogen and oxygen atoms in total. The summed E-state index contributed by atoms with van der Waals surface area (Å²) >= 11 is 0. The highest BCUT2D eigenvalue weighted by Gasteiger charge is 2.17. The predicted molar refractivity (Wildman–Crippen MR) is 66.6 cm³/mol. The average molecular weight is 220 g/mol. The van der Waals surface area contributed by atoms with Gasteiger partial charge in [0.1, 0.15) is 0 Å². The van der Waals surface area contributed by atoms with Gasteiger partial charge >= 0.3 is 0 Å². The molecule has 1 aliphatic rings. The van der Waals surface area contributed by atoms with Crippen LogP contribution >= 0.6 is 0 Å². The number of rotatable bonds is 4. The second kappa shape index (κ2) is 5.16. The monoisotopic (exact) mass is 220 g/mol. The van der Waals surface area contributed by atoms with E-state index in [0.29, 0.717) is 6.04 Å². The van der Waals surface area contributed by atoms with Crippen molar-refractivity contribution in [2.75, 3.05) is 25.5 Å². The van der Waals surface area contributed by atoms with E-state index in [2.05, 4.69) is 33.4 Å². The van der Waals surface area contributed by atoms with E-state index >= 15 is 0 Å². The van der Waals surface area contributed by atoms with E-state index < -0.39 is 0 Å². The van der Waals surface area contributed by atoms with Crippen LogP contribution in [0.15, 0.2) is 25.0 Å². The standard InChI is InChI=1S/C12H20N4/c1-3-7-16-10-6-13-12(16)14-11-4-8-15(2)9-5-11/h3,6,10-11H,1,4-5,7-9H2,2H3,(H,13,14). The van der Waals surface area contributed by atoms with Gasteiger partial charge in [-0.2, -0.15) is 0 Å². The third-order valence-electron chi connectivity index (χ3n) is 3.09. The average Bonchev–Trinajstić information content (AvgIpc) is 2.70. The number of likely N-dealkylation sites (tertiary alicyclic amines) is 1. The van der Waals surface area contributed by atoms with E-state index in [4.69, 9.17) is 0 Å². The summed E-state index contributed by atoms with van der Waals surface area (Å²) in [7, 11) is 2.18. The molecule has 0 radical (unpaired) electrons. The zero-order valence-electron chi connectivity index (χ0n) is 9.89. The topological polar surface area (TPSA) is 33.1 Å². The van der Waals surface area contributed by atoms with Gasteiger partial charge in [-0.15, -0.1) is 6.58 Å². The number of nitrogens with one attached hydrogen (secondary N) is 1. The van der Waals surface area contributed by atoms with Gasteiger partial charge in [-0.1, -0.05) is 6.08 Å². The largest absolute Gasteiger partial charge is 0.353 e. The molecular weight excluding hydrogens is 200 g/mol. The molecule has 0 spiro atoms. The van der Waals surface area contributed by atoms with Gasteiger partial charge in [-0.25, -0.2) is 4.98 Å². The fourth-order valence-electron chi connectivity index (χ4n) is 2.07. The van der Waals surface area contributed by atoms with Crippen LogP contribution in [0.3, 0.4) is 0 Å². The Morgan fingerprint density at radius 1 is 1.56 bits per heavy atom. The van der Waals surface area contributed by atoms with Crippen molar-refractivity contribution in [2.24, 2.45) is 0 Å². The highest BCUT2D eigenvalue weighted by Crippen LogP contribution is 2.14. The van der Waals surface area contributed by atoms with Gasteiger partial charge in [-0.05, 0) is 33.0 Å². The van der Waals surface area contributed by atoms with E-state index in [9.17, 15) is 0 Å². The maximum absolute atomic E-state index is 4.34. The number of piperidine rings is 1. The maximum Gasteiger partial charge on any atom is 0.203 e. The quantitative estimate of drug-likeness (QED) is 0.782. The second-order valence-corrected chi connectivity index (χ2v) is 4.41. The Morgan fingerprint density at radius 2 is 2.31 bits per heavy atom. The van der Waals surface area contributed by atoms with E-state index in [0.717, 1.165) is 12.5 Å². The van der Waals surface area contributed by atoms with Crippen molar-refractivity contribution in [1.82, 2.24) is 14.5 Å². The predicted octanol–water partition coefficient (Wildman–Crippen LogP) is 1.58. The molecule has 0 aromatic carbocycles. The van der Waals surface area contributed by atoms with Crippen molar-refractivity contribution in [3.05, 3.63) is 25.0 Å². The molecule has 1 aromatic rings. The van der Waals surface area contributed by atoms with Gasteiger partial charge in [0.15, 0.2) is 0 Å². The summed E-state index contributed by atoms with van der Waals surface area (Å²) in [5.41, 5.74) is 0. The van der Waals surface area contributed by atoms with Gasteiger partial charge in [0.05, 0.1) is 0 Å². The van der Waals surface area contributed by atoms with Crippen molar-refractivity contribution in [3.8, 4) is 0 Å². The van der Waals surface area contributed by atoms with Gasteiger partial charge < -0.3 is 14.8 Å². The van der Waals surface area contributed by atoms with Crippen LogP contribution in [-0.2, 0) is 6.54 Å². The van der Waals surface area contributed by atoms with Crippen LogP contribution in [0.4, 0.5) is 5.95 Å². The highest BCUT2D eigenvalue weighted by molar-refractivity contribution is 5.28. The van der Waals surface area contributed by atoms with E-state index in [1.807, 2.05) is 18.5 Å². The lowest BCUT2D eigenvalue weighted by molar-refractivity contribution is 0.263. The van der Waals surface area contributed by atoms with Crippen molar-refractivity contribution >= 4 is 5.95 Å². The van der Waals surface area contributed by atoms with Crippen LogP contribution in [0.5, 0.6) is 0 Å². The minimum Gasteiger partial charge on any atom is -0.353 e. The molecule has 4 heteroatoms. The Balaban J connectivity index is 1.93. The Bertz CT molecular complexity index is 337. The Hall–Kier alpha value is -1.29. The summed E-state index contributed by atoms with van der Waals surface area (Å²) in [6.45, 7) is 6.90. The van der Waals surface area contributed by atoms with Gasteiger partial charge in [0.25, 0.3) is 0 Å². The molecule has 0 atom stereocenters. The number of anilines is 1. The van der Waals surface area contributed by atoms with E-state index in [1.165, 1.54) is 25.9 Å². The summed E-state index contributed by atoms with van der Waals surface area (Å²) < 4.78 is 2.09. The minimum atomic E-state index is 0.558. The van der Waals surface area contributed by atoms with Crippen molar-refractivity contribution in [3.63, 3.8) is 0 Å². The molecule has 1 aromatic heterocycles. The summed E-state index contributed by atoms with van der Waals surface area (Å²) in [6, 6.07) is 0.558. The van der Waals surface area contributed by atoms with Crippen LogP contribution in [-0.4, -0.2) is 40.6 Å². The third-order valence-corrected chi connectivity index (χ3v) is 3.09. The summed E-state index contributed by atoms with van der Waals surface area (Å²) in [6.07, 6.45) is 8.09. The molecule has 88 valence electrons. The van der Waals surface area contributed by atoms with Crippen LogP contribution < -0.4 is 5.32 Å². The SMILES string of the molecule is C=CCn1ccnc1NC1CCN(C)CC1. The molecule has 0 amide bonds. The molecule has 0 saturated carbocycles. The first-order valence-corrected chi connectivity index (χ1v) is 5.86. The number of hydrogen-bond acceptors (Lipinski definition) is 3. The van der Waals surface area contributed by atoms with E-state index in [-0.39, 0.29) is 0 Å². The Kier molecular flexibility index (Phi) is 3.62. The van der Waals surface area contributed by atoms with Crippen LogP contribution in [0.2, 0.25) is 0 Å². The maximum atomic E-state index is 4.34.